The van der Waals surface area contributed by atoms with Gasteiger partial charge in [-0.25, -0.2) is 0 Å². The van der Waals surface area contributed by atoms with Crippen LogP contribution in [0.3, 0.4) is 0 Å². The summed E-state index contributed by atoms with van der Waals surface area (Å²) in [6, 6.07) is 0.244. The molecule has 0 heterocycles. The molecule has 0 aliphatic heterocycles. The molecule has 22 heavy (non-hydrogen) atoms. The van der Waals surface area contributed by atoms with E-state index in [-0.39, 0.29) is 17.7 Å². The SMILES string of the molecule is CN[C@]12CCC/C(=C\C=C3\C[C@H](O)CCC3=N)C1CCC2N. The van der Waals surface area contributed by atoms with Crippen LogP contribution in [0.25, 0.3) is 0 Å². The van der Waals surface area contributed by atoms with Crippen LogP contribution in [0.4, 0.5) is 0 Å². The number of fused-ring (bicyclic) bond motifs is 1. The molecule has 2 unspecified atom stereocenters. The van der Waals surface area contributed by atoms with Gasteiger partial charge in [0, 0.05) is 23.7 Å². The molecule has 3 aliphatic carbocycles. The Balaban J connectivity index is 1.83. The molecule has 122 valence electrons. The molecule has 0 aromatic rings. The second-order valence-electron chi connectivity index (χ2n) is 7.19. The summed E-state index contributed by atoms with van der Waals surface area (Å²) in [4.78, 5) is 0. The maximum Gasteiger partial charge on any atom is 0.0585 e. The number of aliphatic hydroxyl groups is 1. The van der Waals surface area contributed by atoms with Crippen LogP contribution in [0.5, 0.6) is 0 Å². The first-order valence-corrected chi connectivity index (χ1v) is 8.67. The number of allylic oxidation sites excluding steroid dienone is 2. The Morgan fingerprint density at radius 2 is 2.09 bits per heavy atom. The van der Waals surface area contributed by atoms with Crippen LogP contribution >= 0.6 is 0 Å². The first kappa shape index (κ1) is 15.9. The van der Waals surface area contributed by atoms with E-state index in [0.29, 0.717) is 24.5 Å². The van der Waals surface area contributed by atoms with Gasteiger partial charge in [0.2, 0.25) is 0 Å². The Labute approximate surface area is 133 Å². The molecule has 4 nitrogen and oxygen atoms in total. The maximum absolute atomic E-state index is 9.81. The van der Waals surface area contributed by atoms with Crippen LogP contribution < -0.4 is 11.1 Å². The molecule has 0 bridgehead atoms. The standard InChI is InChI=1S/C18H29N3O/c1-21-18-10-2-3-12(15(18)7-9-17(18)20)4-5-13-11-14(22)6-8-16(13)19/h4-5,14-15,17,19,21-22H,2-3,6-11,20H2,1H3/b12-4+,13-5-,19-16?/t14-,15?,17?,18-/m1/s1. The predicted molar refractivity (Wildman–Crippen MR) is 90.1 cm³/mol. The zero-order chi connectivity index (χ0) is 15.7. The van der Waals surface area contributed by atoms with Gasteiger partial charge in [0.1, 0.15) is 0 Å². The van der Waals surface area contributed by atoms with Crippen LogP contribution in [0.2, 0.25) is 0 Å². The van der Waals surface area contributed by atoms with Gasteiger partial charge in [-0.3, -0.25) is 0 Å². The minimum atomic E-state index is -0.276. The second-order valence-corrected chi connectivity index (χ2v) is 7.19. The lowest BCUT2D eigenvalue weighted by Crippen LogP contribution is -2.58. The van der Waals surface area contributed by atoms with Gasteiger partial charge < -0.3 is 21.6 Å². The smallest absolute Gasteiger partial charge is 0.0585 e. The molecular formula is C18H29N3O. The molecule has 3 saturated carbocycles. The molecule has 0 aromatic heterocycles. The molecule has 3 rings (SSSR count). The highest BCUT2D eigenvalue weighted by Crippen LogP contribution is 2.47. The van der Waals surface area contributed by atoms with Gasteiger partial charge in [-0.1, -0.05) is 17.7 Å². The summed E-state index contributed by atoms with van der Waals surface area (Å²) in [5.74, 6) is 0.529. The molecule has 3 aliphatic rings. The molecule has 0 aromatic carbocycles. The minimum Gasteiger partial charge on any atom is -0.393 e. The van der Waals surface area contributed by atoms with E-state index in [1.807, 2.05) is 7.05 Å². The predicted octanol–water partition coefficient (Wildman–Crippen LogP) is 2.28. The third-order valence-corrected chi connectivity index (χ3v) is 6.09. The lowest BCUT2D eigenvalue weighted by molar-refractivity contribution is 0.164. The van der Waals surface area contributed by atoms with Gasteiger partial charge in [0.15, 0.2) is 0 Å². The lowest BCUT2D eigenvalue weighted by Gasteiger charge is -2.43. The molecular weight excluding hydrogens is 274 g/mol. The monoisotopic (exact) mass is 303 g/mol. The Hall–Kier alpha value is -0.970. The van der Waals surface area contributed by atoms with E-state index in [1.165, 1.54) is 12.0 Å². The summed E-state index contributed by atoms with van der Waals surface area (Å²) < 4.78 is 0. The third kappa shape index (κ3) is 2.68. The van der Waals surface area contributed by atoms with E-state index in [4.69, 9.17) is 11.1 Å². The van der Waals surface area contributed by atoms with Gasteiger partial charge in [0.25, 0.3) is 0 Å². The van der Waals surface area contributed by atoms with E-state index >= 15 is 0 Å². The molecule has 0 radical (unpaired) electrons. The summed E-state index contributed by atoms with van der Waals surface area (Å²) in [5.41, 5.74) is 9.66. The summed E-state index contributed by atoms with van der Waals surface area (Å²) in [6.07, 6.45) is 11.8. The van der Waals surface area contributed by atoms with Crippen molar-refractivity contribution in [2.75, 3.05) is 7.05 Å². The molecule has 0 saturated heterocycles. The van der Waals surface area contributed by atoms with Crippen molar-refractivity contribution in [2.24, 2.45) is 11.7 Å². The molecule has 4 heteroatoms. The fourth-order valence-electron chi connectivity index (χ4n) is 4.77. The highest BCUT2D eigenvalue weighted by molar-refractivity contribution is 5.98. The zero-order valence-electron chi connectivity index (χ0n) is 13.6. The Morgan fingerprint density at radius 3 is 2.86 bits per heavy atom. The summed E-state index contributed by atoms with van der Waals surface area (Å²) in [7, 11) is 2.05. The first-order valence-electron chi connectivity index (χ1n) is 8.67. The number of likely N-dealkylation sites (N-methyl/N-ethyl adjacent to an activating group) is 1. The Bertz CT molecular complexity index is 510. The van der Waals surface area contributed by atoms with Crippen molar-refractivity contribution in [3.63, 3.8) is 0 Å². The average molecular weight is 303 g/mol. The number of nitrogens with two attached hydrogens (primary N) is 1. The van der Waals surface area contributed by atoms with Crippen molar-refractivity contribution in [1.29, 1.82) is 5.41 Å². The van der Waals surface area contributed by atoms with Crippen molar-refractivity contribution in [3.8, 4) is 0 Å². The van der Waals surface area contributed by atoms with Gasteiger partial charge in [-0.15, -0.1) is 0 Å². The normalized spacial score (nSPS) is 42.9. The van der Waals surface area contributed by atoms with Crippen molar-refractivity contribution in [1.82, 2.24) is 5.32 Å². The van der Waals surface area contributed by atoms with E-state index in [9.17, 15) is 5.11 Å². The van der Waals surface area contributed by atoms with Crippen molar-refractivity contribution >= 4 is 5.71 Å². The summed E-state index contributed by atoms with van der Waals surface area (Å²) >= 11 is 0. The highest BCUT2D eigenvalue weighted by Gasteiger charge is 2.50. The van der Waals surface area contributed by atoms with E-state index in [2.05, 4.69) is 17.5 Å². The maximum atomic E-state index is 9.81. The zero-order valence-corrected chi connectivity index (χ0v) is 13.6. The van der Waals surface area contributed by atoms with Crippen LogP contribution in [0, 0.1) is 11.3 Å². The van der Waals surface area contributed by atoms with Gasteiger partial charge in [-0.05, 0) is 63.5 Å². The fraction of sp³-hybridized carbons (Fsp3) is 0.722. The van der Waals surface area contributed by atoms with E-state index in [1.54, 1.807) is 0 Å². The Morgan fingerprint density at radius 1 is 1.27 bits per heavy atom. The third-order valence-electron chi connectivity index (χ3n) is 6.09. The topological polar surface area (TPSA) is 82.1 Å². The summed E-state index contributed by atoms with van der Waals surface area (Å²) in [6.45, 7) is 0. The number of hydrogen-bond acceptors (Lipinski definition) is 4. The van der Waals surface area contributed by atoms with Crippen molar-refractivity contribution < 1.29 is 5.11 Å². The molecule has 5 N–H and O–H groups in total. The molecule has 3 fully saturated rings. The van der Waals surface area contributed by atoms with Crippen LogP contribution in [0.15, 0.2) is 23.3 Å². The van der Waals surface area contributed by atoms with Crippen LogP contribution in [-0.2, 0) is 0 Å². The average Bonchev–Trinajstić information content (AvgIpc) is 2.86. The van der Waals surface area contributed by atoms with Gasteiger partial charge >= 0.3 is 0 Å². The number of hydrogen-bond donors (Lipinski definition) is 4. The number of aliphatic hydroxyl groups excluding tert-OH is 1. The summed E-state index contributed by atoms with van der Waals surface area (Å²) in [5, 5.41) is 21.4. The quantitative estimate of drug-likeness (QED) is 0.631. The highest BCUT2D eigenvalue weighted by atomic mass is 16.3. The lowest BCUT2D eigenvalue weighted by atomic mass is 9.70. The molecule has 4 atom stereocenters. The first-order chi connectivity index (χ1) is 10.6. The van der Waals surface area contributed by atoms with Crippen LogP contribution in [0.1, 0.15) is 51.4 Å². The van der Waals surface area contributed by atoms with Gasteiger partial charge in [0.05, 0.1) is 6.10 Å². The van der Waals surface area contributed by atoms with E-state index in [0.717, 1.165) is 37.7 Å². The van der Waals surface area contributed by atoms with Gasteiger partial charge in [-0.2, -0.15) is 0 Å². The molecule has 0 spiro atoms. The van der Waals surface area contributed by atoms with Crippen LogP contribution in [-0.4, -0.2) is 35.6 Å². The number of nitrogens with one attached hydrogen (secondary N) is 2. The Kier molecular flexibility index (Phi) is 4.53. The largest absolute Gasteiger partial charge is 0.393 e. The minimum absolute atomic E-state index is 0.0716. The van der Waals surface area contributed by atoms with E-state index < -0.39 is 0 Å². The van der Waals surface area contributed by atoms with Crippen molar-refractivity contribution in [2.45, 2.75) is 69.1 Å². The fourth-order valence-corrected chi connectivity index (χ4v) is 4.77. The molecule has 0 amide bonds. The van der Waals surface area contributed by atoms with Crippen molar-refractivity contribution in [3.05, 3.63) is 23.3 Å². The number of rotatable bonds is 2. The second kappa shape index (κ2) is 6.26.